The van der Waals surface area contributed by atoms with Crippen LogP contribution >= 0.6 is 0 Å². The van der Waals surface area contributed by atoms with Crippen LogP contribution in [0.1, 0.15) is 303 Å². The van der Waals surface area contributed by atoms with Gasteiger partial charge in [-0.15, -0.1) is 0 Å². The normalized spacial score (nSPS) is 19.0. The first-order chi connectivity index (χ1) is 39.3. The largest absolute Gasteiger partial charge is 0.394 e. The number of amides is 1. The third-order valence-corrected chi connectivity index (χ3v) is 15.7. The fraction of sp³-hybridized carbons (Fsp3) is 0.789. The van der Waals surface area contributed by atoms with Crippen LogP contribution < -0.4 is 5.32 Å². The lowest BCUT2D eigenvalue weighted by atomic mass is 9.99. The van der Waals surface area contributed by atoms with Crippen LogP contribution in [0.4, 0.5) is 0 Å². The summed E-state index contributed by atoms with van der Waals surface area (Å²) in [5, 5.41) is 54.7. The topological polar surface area (TPSA) is 149 Å². The number of unbranched alkanes of at least 4 members (excludes halogenated alkanes) is 36. The lowest BCUT2D eigenvalue weighted by Gasteiger charge is -2.40. The monoisotopic (exact) mass is 1120 g/mol. The summed E-state index contributed by atoms with van der Waals surface area (Å²) in [6, 6.07) is -0.827. The molecule has 1 heterocycles. The smallest absolute Gasteiger partial charge is 0.220 e. The Bertz CT molecular complexity index is 1540. The molecule has 9 heteroatoms. The molecule has 80 heavy (non-hydrogen) atoms. The third-order valence-electron chi connectivity index (χ3n) is 15.7. The van der Waals surface area contributed by atoms with Crippen LogP contribution in [0.3, 0.4) is 0 Å². The van der Waals surface area contributed by atoms with Gasteiger partial charge < -0.3 is 40.3 Å². The molecule has 0 aromatic rings. The first-order valence-corrected chi connectivity index (χ1v) is 33.8. The lowest BCUT2D eigenvalue weighted by molar-refractivity contribution is -0.302. The van der Waals surface area contributed by atoms with Crippen molar-refractivity contribution in [2.75, 3.05) is 13.2 Å². The number of rotatable bonds is 58. The Morgan fingerprint density at radius 1 is 0.438 bits per heavy atom. The molecule has 0 aromatic heterocycles. The van der Waals surface area contributed by atoms with Crippen LogP contribution in [0.15, 0.2) is 85.1 Å². The van der Waals surface area contributed by atoms with Crippen molar-refractivity contribution in [3.05, 3.63) is 85.1 Å². The second-order valence-corrected chi connectivity index (χ2v) is 23.2. The number of nitrogens with one attached hydrogen (secondary N) is 1. The molecule has 1 aliphatic rings. The van der Waals surface area contributed by atoms with E-state index in [0.717, 1.165) is 70.6 Å². The predicted molar refractivity (Wildman–Crippen MR) is 341 cm³/mol. The Kier molecular flexibility index (Phi) is 56.1. The van der Waals surface area contributed by atoms with Crippen LogP contribution in [0.5, 0.6) is 0 Å². The average Bonchev–Trinajstić information content (AvgIpc) is 3.46. The highest BCUT2D eigenvalue weighted by atomic mass is 16.7. The molecule has 0 spiro atoms. The van der Waals surface area contributed by atoms with Crippen molar-refractivity contribution in [3.63, 3.8) is 0 Å². The molecule has 0 radical (unpaired) electrons. The first kappa shape index (κ1) is 75.4. The fourth-order valence-corrected chi connectivity index (χ4v) is 10.4. The van der Waals surface area contributed by atoms with Gasteiger partial charge in [0.1, 0.15) is 24.4 Å². The van der Waals surface area contributed by atoms with Crippen LogP contribution in [-0.2, 0) is 14.3 Å². The molecule has 0 saturated carbocycles. The van der Waals surface area contributed by atoms with E-state index in [9.17, 15) is 30.3 Å². The van der Waals surface area contributed by atoms with Crippen molar-refractivity contribution < 1.29 is 39.8 Å². The minimum Gasteiger partial charge on any atom is -0.394 e. The molecule has 0 aliphatic carbocycles. The number of aliphatic hydroxyl groups excluding tert-OH is 5. The molecule has 7 unspecified atom stereocenters. The Hall–Kier alpha value is -2.63. The zero-order valence-corrected chi connectivity index (χ0v) is 51.8. The maximum absolute atomic E-state index is 13.1. The van der Waals surface area contributed by atoms with Crippen LogP contribution in [0.2, 0.25) is 0 Å². The van der Waals surface area contributed by atoms with E-state index >= 15 is 0 Å². The maximum Gasteiger partial charge on any atom is 0.220 e. The molecule has 9 nitrogen and oxygen atoms in total. The number of hydrogen-bond donors (Lipinski definition) is 6. The predicted octanol–water partition coefficient (Wildman–Crippen LogP) is 18.1. The van der Waals surface area contributed by atoms with E-state index < -0.39 is 49.5 Å². The molecule has 0 bridgehead atoms. The van der Waals surface area contributed by atoms with Gasteiger partial charge in [-0.1, -0.05) is 304 Å². The molecule has 6 N–H and O–H groups in total. The van der Waals surface area contributed by atoms with Crippen LogP contribution in [0, 0.1) is 0 Å². The second kappa shape index (κ2) is 59.5. The van der Waals surface area contributed by atoms with Gasteiger partial charge in [0.2, 0.25) is 5.91 Å². The summed E-state index contributed by atoms with van der Waals surface area (Å²) in [6.45, 7) is 3.68. The minimum atomic E-state index is -1.58. The van der Waals surface area contributed by atoms with Crippen LogP contribution in [-0.4, -0.2) is 87.5 Å². The minimum absolute atomic E-state index is 0.186. The Morgan fingerprint density at radius 2 is 0.787 bits per heavy atom. The van der Waals surface area contributed by atoms with Gasteiger partial charge in [0.25, 0.3) is 0 Å². The van der Waals surface area contributed by atoms with E-state index in [2.05, 4.69) is 92.1 Å². The Labute approximate surface area is 492 Å². The van der Waals surface area contributed by atoms with E-state index in [1.807, 2.05) is 6.08 Å². The van der Waals surface area contributed by atoms with Gasteiger partial charge in [-0.2, -0.15) is 0 Å². The fourth-order valence-electron chi connectivity index (χ4n) is 10.4. The van der Waals surface area contributed by atoms with Crippen molar-refractivity contribution in [1.29, 1.82) is 0 Å². The molecular formula is C71H127NO8. The molecule has 1 fully saturated rings. The number of carbonyl (C=O) groups excluding carboxylic acids is 1. The van der Waals surface area contributed by atoms with Gasteiger partial charge >= 0.3 is 0 Å². The van der Waals surface area contributed by atoms with Crippen molar-refractivity contribution in [2.45, 2.75) is 346 Å². The quantitative estimate of drug-likeness (QED) is 0.0261. The summed E-state index contributed by atoms with van der Waals surface area (Å²) in [4.78, 5) is 13.1. The van der Waals surface area contributed by atoms with Gasteiger partial charge in [-0.25, -0.2) is 0 Å². The molecule has 1 rings (SSSR count). The molecule has 464 valence electrons. The third kappa shape index (κ3) is 47.8. The Morgan fingerprint density at radius 3 is 1.20 bits per heavy atom. The average molecular weight is 1120 g/mol. The van der Waals surface area contributed by atoms with Gasteiger partial charge in [-0.05, 0) is 77.0 Å². The number of aliphatic hydroxyl groups is 5. The highest BCUT2D eigenvalue weighted by molar-refractivity contribution is 5.76. The summed E-state index contributed by atoms with van der Waals surface area (Å²) in [5.41, 5.74) is 0. The number of allylic oxidation sites excluding steroid dienone is 13. The summed E-state index contributed by atoms with van der Waals surface area (Å²) < 4.78 is 11.3. The van der Waals surface area contributed by atoms with E-state index in [-0.39, 0.29) is 12.5 Å². The van der Waals surface area contributed by atoms with E-state index in [1.165, 1.54) is 212 Å². The number of hydrogen-bond acceptors (Lipinski definition) is 8. The summed E-state index contributed by atoms with van der Waals surface area (Å²) >= 11 is 0. The summed E-state index contributed by atoms with van der Waals surface area (Å²) in [6.07, 6.45) is 78.2. The SMILES string of the molecule is CC/C=C\C/C=C\C/C=C\C/C=C\C/C=C\CCCCCCCCCCCCCCCCCC(=O)NC(COC1OC(CO)C(O)C(O)C1O)C(O)/C=C/CC/C=C/CCCCCCCCCCCCCCCCCCCCCC. The lowest BCUT2D eigenvalue weighted by Crippen LogP contribution is -2.60. The second-order valence-electron chi connectivity index (χ2n) is 23.2. The molecule has 1 saturated heterocycles. The molecule has 1 amide bonds. The van der Waals surface area contributed by atoms with Gasteiger partial charge in [0.05, 0.1) is 25.4 Å². The van der Waals surface area contributed by atoms with Crippen molar-refractivity contribution >= 4 is 5.91 Å². The van der Waals surface area contributed by atoms with Crippen molar-refractivity contribution in [1.82, 2.24) is 5.32 Å². The van der Waals surface area contributed by atoms with Gasteiger partial charge in [0, 0.05) is 6.42 Å². The summed E-state index contributed by atoms with van der Waals surface area (Å²) in [5.74, 6) is -0.186. The summed E-state index contributed by atoms with van der Waals surface area (Å²) in [7, 11) is 0. The van der Waals surface area contributed by atoms with E-state index in [0.29, 0.717) is 6.42 Å². The van der Waals surface area contributed by atoms with E-state index in [1.54, 1.807) is 6.08 Å². The highest BCUT2D eigenvalue weighted by Gasteiger charge is 2.44. The Balaban J connectivity index is 2.17. The number of carbonyl (C=O) groups is 1. The van der Waals surface area contributed by atoms with Crippen molar-refractivity contribution in [3.8, 4) is 0 Å². The maximum atomic E-state index is 13.1. The van der Waals surface area contributed by atoms with Gasteiger partial charge in [-0.3, -0.25) is 4.79 Å². The van der Waals surface area contributed by atoms with Crippen molar-refractivity contribution in [2.24, 2.45) is 0 Å². The van der Waals surface area contributed by atoms with Crippen LogP contribution in [0.25, 0.3) is 0 Å². The standard InChI is InChI=1S/C71H127NO8/c1-3-5-7-9-11-13-15-17-19-21-23-25-27-29-31-32-33-34-35-37-39-41-43-45-47-49-51-53-55-57-59-61-67(75)72-64(63-79-71-70(78)69(77)68(76)66(62-73)80-71)65(74)60-58-56-54-52-50-48-46-44-42-40-38-36-30-28-26-24-22-20-18-16-14-12-10-8-6-4-2/h5,7,11,13,17,19,23,25,29,31,50,52,58,60,64-66,68-71,73-74,76-78H,3-4,6,8-10,12,14-16,18,20-22,24,26-28,30,32-49,51,53-57,59,61-63H2,1-2H3,(H,72,75)/b7-5-,13-11-,19-17-,25-23-,31-29-,52-50+,60-58+. The number of ether oxygens (including phenoxy) is 2. The molecule has 0 aromatic carbocycles. The van der Waals surface area contributed by atoms with E-state index in [4.69, 9.17) is 9.47 Å². The zero-order valence-electron chi connectivity index (χ0n) is 51.8. The highest BCUT2D eigenvalue weighted by Crippen LogP contribution is 2.23. The van der Waals surface area contributed by atoms with Gasteiger partial charge in [0.15, 0.2) is 6.29 Å². The molecule has 1 aliphatic heterocycles. The zero-order chi connectivity index (χ0) is 57.9. The molecular weight excluding hydrogens is 995 g/mol. The molecule has 7 atom stereocenters. The first-order valence-electron chi connectivity index (χ1n) is 33.8.